The maximum absolute atomic E-state index is 12.4. The third kappa shape index (κ3) is 4.39. The van der Waals surface area contributed by atoms with Gasteiger partial charge in [-0.3, -0.25) is 10.1 Å². The molecule has 0 amide bonds. The highest BCUT2D eigenvalue weighted by molar-refractivity contribution is 5.92. The molecule has 0 saturated heterocycles. The number of carbonyl (C=O) groups is 1. The van der Waals surface area contributed by atoms with Crippen LogP contribution < -0.4 is 10.5 Å². The highest BCUT2D eigenvalue weighted by Crippen LogP contribution is 2.42. The first kappa shape index (κ1) is 22.4. The molecule has 3 rings (SSSR count). The van der Waals surface area contributed by atoms with Crippen LogP contribution in [0, 0.1) is 28.4 Å². The second-order valence-electron chi connectivity index (χ2n) is 7.14. The molecule has 1 atom stereocenters. The predicted molar refractivity (Wildman–Crippen MR) is 114 cm³/mol. The zero-order chi connectivity index (χ0) is 23.4. The Morgan fingerprint density at radius 2 is 1.94 bits per heavy atom. The number of nitro groups is 1. The van der Waals surface area contributed by atoms with Crippen molar-refractivity contribution in [3.63, 3.8) is 0 Å². The van der Waals surface area contributed by atoms with E-state index in [4.69, 9.17) is 19.9 Å². The Morgan fingerprint density at radius 3 is 2.53 bits per heavy atom. The Hall–Kier alpha value is -4.32. The van der Waals surface area contributed by atoms with Crippen molar-refractivity contribution in [1.29, 1.82) is 5.26 Å². The van der Waals surface area contributed by atoms with E-state index in [1.807, 2.05) is 37.3 Å². The summed E-state index contributed by atoms with van der Waals surface area (Å²) in [5.41, 5.74) is 7.80. The van der Waals surface area contributed by atoms with Gasteiger partial charge in [-0.25, -0.2) is 4.79 Å². The lowest BCUT2D eigenvalue weighted by atomic mass is 9.83. The van der Waals surface area contributed by atoms with Crippen LogP contribution in [0.4, 0.5) is 5.69 Å². The van der Waals surface area contributed by atoms with Gasteiger partial charge in [0.1, 0.15) is 24.0 Å². The Morgan fingerprint density at radius 1 is 1.25 bits per heavy atom. The fourth-order valence-corrected chi connectivity index (χ4v) is 3.41. The van der Waals surface area contributed by atoms with Crippen LogP contribution in [0.5, 0.6) is 5.75 Å². The van der Waals surface area contributed by atoms with Gasteiger partial charge >= 0.3 is 11.7 Å². The third-order valence-corrected chi connectivity index (χ3v) is 5.04. The molecule has 2 aromatic rings. The molecule has 2 N–H and O–H groups in total. The van der Waals surface area contributed by atoms with Crippen molar-refractivity contribution in [1.82, 2.24) is 0 Å². The molecule has 9 heteroatoms. The van der Waals surface area contributed by atoms with E-state index in [-0.39, 0.29) is 40.8 Å². The van der Waals surface area contributed by atoms with Gasteiger partial charge in [0.15, 0.2) is 5.75 Å². The fourth-order valence-electron chi connectivity index (χ4n) is 3.41. The minimum absolute atomic E-state index is 0.0425. The van der Waals surface area contributed by atoms with Crippen LogP contribution in [0.1, 0.15) is 29.5 Å². The third-order valence-electron chi connectivity index (χ3n) is 5.04. The number of nitro benzene ring substituents is 1. The predicted octanol–water partition coefficient (Wildman–Crippen LogP) is 3.74. The number of benzene rings is 2. The number of nitriles is 1. The number of ether oxygens (including phenoxy) is 3. The van der Waals surface area contributed by atoms with Crippen molar-refractivity contribution < 1.29 is 23.9 Å². The second-order valence-corrected chi connectivity index (χ2v) is 7.14. The summed E-state index contributed by atoms with van der Waals surface area (Å²) in [4.78, 5) is 23.6. The number of allylic oxidation sites excluding steroid dienone is 2. The number of hydrogen-bond acceptors (Lipinski definition) is 8. The summed E-state index contributed by atoms with van der Waals surface area (Å²) in [5, 5.41) is 21.4. The van der Waals surface area contributed by atoms with E-state index < -0.39 is 16.8 Å². The number of nitrogens with two attached hydrogens (primary N) is 1. The first-order valence-corrected chi connectivity index (χ1v) is 9.60. The summed E-state index contributed by atoms with van der Waals surface area (Å²) < 4.78 is 15.8. The summed E-state index contributed by atoms with van der Waals surface area (Å²) in [7, 11) is 1.19. The van der Waals surface area contributed by atoms with Crippen molar-refractivity contribution in [3.8, 4) is 11.8 Å². The van der Waals surface area contributed by atoms with E-state index in [1.54, 1.807) is 6.07 Å². The Kier molecular flexibility index (Phi) is 6.45. The minimum atomic E-state index is -0.981. The molecule has 0 spiro atoms. The Labute approximate surface area is 184 Å². The van der Waals surface area contributed by atoms with E-state index in [0.717, 1.165) is 11.1 Å². The van der Waals surface area contributed by atoms with Crippen LogP contribution in [-0.4, -0.2) is 18.0 Å². The highest BCUT2D eigenvalue weighted by atomic mass is 16.6. The lowest BCUT2D eigenvalue weighted by Crippen LogP contribution is -2.25. The summed E-state index contributed by atoms with van der Waals surface area (Å²) in [6.45, 7) is 3.61. The van der Waals surface area contributed by atoms with Crippen molar-refractivity contribution in [2.24, 2.45) is 5.73 Å². The molecule has 0 bridgehead atoms. The zero-order valence-electron chi connectivity index (χ0n) is 17.7. The largest absolute Gasteiger partial charge is 0.482 e. The fraction of sp³-hybridized carbons (Fsp3) is 0.217. The van der Waals surface area contributed by atoms with Gasteiger partial charge in [0, 0.05) is 6.07 Å². The summed E-state index contributed by atoms with van der Waals surface area (Å²) in [6.07, 6.45) is 0. The van der Waals surface area contributed by atoms with Crippen LogP contribution in [-0.2, 0) is 20.9 Å². The molecule has 1 heterocycles. The normalized spacial score (nSPS) is 15.6. The first-order valence-electron chi connectivity index (χ1n) is 9.60. The second kappa shape index (κ2) is 9.22. The first-order chi connectivity index (χ1) is 15.3. The van der Waals surface area contributed by atoms with E-state index >= 15 is 0 Å². The lowest BCUT2D eigenvalue weighted by Gasteiger charge is -2.26. The maximum Gasteiger partial charge on any atom is 0.338 e. The number of aryl methyl sites for hydroxylation is 1. The molecule has 0 aromatic heterocycles. The smallest absolute Gasteiger partial charge is 0.338 e. The van der Waals surface area contributed by atoms with Crippen molar-refractivity contribution in [3.05, 3.63) is 92.1 Å². The monoisotopic (exact) mass is 435 g/mol. The number of carbonyl (C=O) groups excluding carboxylic acids is 1. The van der Waals surface area contributed by atoms with Gasteiger partial charge in [-0.15, -0.1) is 0 Å². The topological polar surface area (TPSA) is 138 Å². The van der Waals surface area contributed by atoms with Crippen LogP contribution in [0.3, 0.4) is 0 Å². The molecule has 0 radical (unpaired) electrons. The Balaban J connectivity index is 2.03. The molecule has 32 heavy (non-hydrogen) atoms. The van der Waals surface area contributed by atoms with Crippen molar-refractivity contribution in [2.45, 2.75) is 26.4 Å². The van der Waals surface area contributed by atoms with Gasteiger partial charge in [-0.05, 0) is 31.0 Å². The van der Waals surface area contributed by atoms with Gasteiger partial charge in [-0.1, -0.05) is 35.9 Å². The molecular weight excluding hydrogens is 414 g/mol. The summed E-state index contributed by atoms with van der Waals surface area (Å²) in [5.74, 6) is -1.67. The van der Waals surface area contributed by atoms with Gasteiger partial charge in [-0.2, -0.15) is 5.26 Å². The summed E-state index contributed by atoms with van der Waals surface area (Å²) in [6, 6.07) is 13.8. The van der Waals surface area contributed by atoms with Crippen LogP contribution in [0.15, 0.2) is 65.3 Å². The molecule has 0 unspecified atom stereocenters. The van der Waals surface area contributed by atoms with E-state index in [0.29, 0.717) is 5.56 Å². The average Bonchev–Trinajstić information content (AvgIpc) is 2.77. The molecule has 1 aliphatic rings. The molecule has 0 saturated carbocycles. The number of esters is 1. The van der Waals surface area contributed by atoms with Gasteiger partial charge in [0.25, 0.3) is 0 Å². The van der Waals surface area contributed by atoms with E-state index in [2.05, 4.69) is 0 Å². The maximum atomic E-state index is 12.4. The molecule has 164 valence electrons. The lowest BCUT2D eigenvalue weighted by molar-refractivity contribution is -0.386. The number of methoxy groups -OCH3 is 1. The molecular formula is C23H21N3O6. The van der Waals surface area contributed by atoms with Crippen molar-refractivity contribution in [2.75, 3.05) is 7.11 Å². The number of hydrogen-bond donors (Lipinski definition) is 1. The standard InChI is InChI=1S/C23H21N3O6/c1-13-4-6-15(7-5-13)12-31-19-9-8-16(10-18(19)26(28)29)21-17(11-24)22(25)32-14(2)20(21)23(27)30-3/h4-10,21H,12,25H2,1-3H3/t21-/m1/s1. The molecule has 0 aliphatic carbocycles. The Bertz CT molecular complexity index is 1180. The van der Waals surface area contributed by atoms with Crippen LogP contribution >= 0.6 is 0 Å². The molecule has 0 fully saturated rings. The average molecular weight is 435 g/mol. The van der Waals surface area contributed by atoms with E-state index in [1.165, 1.54) is 26.2 Å². The van der Waals surface area contributed by atoms with Crippen LogP contribution in [0.25, 0.3) is 0 Å². The molecule has 1 aliphatic heterocycles. The number of nitrogens with zero attached hydrogens (tertiary/aromatic N) is 2. The SMILES string of the molecule is COC(=O)C1=C(C)OC(N)=C(C#N)[C@H]1c1ccc(OCc2ccc(C)cc2)c([N+](=O)[O-])c1. The van der Waals surface area contributed by atoms with Gasteiger partial charge < -0.3 is 19.9 Å². The quantitative estimate of drug-likeness (QED) is 0.411. The molecule has 2 aromatic carbocycles. The summed E-state index contributed by atoms with van der Waals surface area (Å²) >= 11 is 0. The van der Waals surface area contributed by atoms with Gasteiger partial charge in [0.2, 0.25) is 5.88 Å². The highest BCUT2D eigenvalue weighted by Gasteiger charge is 2.37. The zero-order valence-corrected chi connectivity index (χ0v) is 17.7. The molecule has 9 nitrogen and oxygen atoms in total. The van der Waals surface area contributed by atoms with Crippen LogP contribution in [0.2, 0.25) is 0 Å². The van der Waals surface area contributed by atoms with Crippen molar-refractivity contribution >= 4 is 11.7 Å². The number of rotatable bonds is 6. The van der Waals surface area contributed by atoms with Gasteiger partial charge in [0.05, 0.1) is 23.5 Å². The van der Waals surface area contributed by atoms with E-state index in [9.17, 15) is 20.2 Å². The minimum Gasteiger partial charge on any atom is -0.482 e.